The van der Waals surface area contributed by atoms with Crippen molar-refractivity contribution >= 4 is 17.5 Å². The molecular formula is C25H32O5. The number of hydrogen-bond donors (Lipinski definition) is 1. The molecule has 1 N–H and O–H groups in total. The van der Waals surface area contributed by atoms with Crippen LogP contribution in [0.3, 0.4) is 0 Å². The number of carbonyl (C=O) groups is 3. The molecule has 5 nitrogen and oxygen atoms in total. The van der Waals surface area contributed by atoms with Gasteiger partial charge in [-0.3, -0.25) is 14.4 Å². The van der Waals surface area contributed by atoms with Crippen LogP contribution < -0.4 is 0 Å². The van der Waals surface area contributed by atoms with Crippen LogP contribution in [0.5, 0.6) is 0 Å². The third kappa shape index (κ3) is 1.49. The topological polar surface area (TPSA) is 80.7 Å². The first kappa shape index (κ1) is 19.2. The second-order valence-electron chi connectivity index (χ2n) is 12.5. The van der Waals surface area contributed by atoms with Crippen molar-refractivity contribution in [2.45, 2.75) is 66.4 Å². The lowest BCUT2D eigenvalue weighted by atomic mass is 9.31. The zero-order valence-electron chi connectivity index (χ0n) is 18.6. The summed E-state index contributed by atoms with van der Waals surface area (Å²) in [5.74, 6) is -0.246. The molecule has 6 aliphatic carbocycles. The lowest BCUT2D eigenvalue weighted by Gasteiger charge is -2.70. The van der Waals surface area contributed by atoms with Gasteiger partial charge in [-0.15, -0.1) is 0 Å². The van der Waals surface area contributed by atoms with Crippen LogP contribution in [0.25, 0.3) is 0 Å². The van der Waals surface area contributed by atoms with E-state index in [1.807, 2.05) is 6.92 Å². The first-order valence-corrected chi connectivity index (χ1v) is 11.5. The molecule has 1 aliphatic heterocycles. The Morgan fingerprint density at radius 2 is 1.77 bits per heavy atom. The lowest BCUT2D eigenvalue weighted by Crippen LogP contribution is -2.75. The number of fused-ring (bicyclic) bond motifs is 2. The van der Waals surface area contributed by atoms with Gasteiger partial charge in [0, 0.05) is 16.2 Å². The minimum atomic E-state index is -0.970. The molecule has 0 radical (unpaired) electrons. The normalized spacial score (nSPS) is 59.6. The van der Waals surface area contributed by atoms with Crippen molar-refractivity contribution in [3.05, 3.63) is 12.2 Å². The summed E-state index contributed by atoms with van der Waals surface area (Å²) in [4.78, 5) is 39.6. The summed E-state index contributed by atoms with van der Waals surface area (Å²) in [5.41, 5.74) is -3.11. The van der Waals surface area contributed by atoms with Gasteiger partial charge in [0.2, 0.25) is 0 Å². The maximum atomic E-state index is 13.9. The molecule has 5 heteroatoms. The Bertz CT molecular complexity index is 965. The van der Waals surface area contributed by atoms with Crippen LogP contribution in [-0.4, -0.2) is 35.4 Å². The molecule has 162 valence electrons. The second-order valence-corrected chi connectivity index (χ2v) is 12.5. The number of esters is 1. The number of ketones is 2. The van der Waals surface area contributed by atoms with Crippen molar-refractivity contribution < 1.29 is 24.2 Å². The molecule has 0 aromatic heterocycles. The van der Waals surface area contributed by atoms with E-state index in [0.29, 0.717) is 12.8 Å². The number of ether oxygens (including phenoxy) is 1. The zero-order chi connectivity index (χ0) is 21.7. The van der Waals surface area contributed by atoms with E-state index in [2.05, 4.69) is 33.8 Å². The summed E-state index contributed by atoms with van der Waals surface area (Å²) >= 11 is 0. The van der Waals surface area contributed by atoms with Crippen molar-refractivity contribution in [1.29, 1.82) is 0 Å². The Kier molecular flexibility index (Phi) is 3.07. The molecule has 0 amide bonds. The number of hydrogen-bond acceptors (Lipinski definition) is 5. The number of aliphatic hydroxyl groups is 1. The molecule has 0 unspecified atom stereocenters. The lowest BCUT2D eigenvalue weighted by molar-refractivity contribution is -0.248. The first-order valence-electron chi connectivity index (χ1n) is 11.5. The van der Waals surface area contributed by atoms with Crippen LogP contribution in [0.2, 0.25) is 0 Å². The van der Waals surface area contributed by atoms with Crippen molar-refractivity contribution in [2.75, 3.05) is 6.61 Å². The van der Waals surface area contributed by atoms with Gasteiger partial charge < -0.3 is 9.84 Å². The van der Waals surface area contributed by atoms with Gasteiger partial charge in [0.15, 0.2) is 5.78 Å². The summed E-state index contributed by atoms with van der Waals surface area (Å²) in [5, 5.41) is 11.3. The van der Waals surface area contributed by atoms with Gasteiger partial charge in [0.05, 0.1) is 24.0 Å². The average molecular weight is 413 g/mol. The number of aliphatic hydroxyl groups excluding tert-OH is 1. The van der Waals surface area contributed by atoms with Gasteiger partial charge >= 0.3 is 5.97 Å². The van der Waals surface area contributed by atoms with Gasteiger partial charge in [0.1, 0.15) is 5.78 Å². The minimum Gasteiger partial charge on any atom is -0.465 e. The zero-order valence-corrected chi connectivity index (χ0v) is 18.6. The van der Waals surface area contributed by atoms with Crippen LogP contribution in [0.4, 0.5) is 0 Å². The Hall–Kier alpha value is -1.49. The molecular weight excluding hydrogens is 380 g/mol. The maximum Gasteiger partial charge on any atom is 0.312 e. The smallest absolute Gasteiger partial charge is 0.312 e. The van der Waals surface area contributed by atoms with Crippen molar-refractivity contribution in [1.82, 2.24) is 0 Å². The summed E-state index contributed by atoms with van der Waals surface area (Å²) in [6, 6.07) is 0. The van der Waals surface area contributed by atoms with Crippen LogP contribution >= 0.6 is 0 Å². The van der Waals surface area contributed by atoms with Crippen molar-refractivity contribution in [2.24, 2.45) is 50.2 Å². The predicted molar refractivity (Wildman–Crippen MR) is 108 cm³/mol. The minimum absolute atomic E-state index is 0.118. The van der Waals surface area contributed by atoms with E-state index in [0.717, 1.165) is 12.8 Å². The number of cyclic esters (lactones) is 1. The second kappa shape index (κ2) is 4.79. The summed E-state index contributed by atoms with van der Waals surface area (Å²) in [6.07, 6.45) is 6.04. The number of Topliss-reactive ketones (excluding diaryl/α,β-unsaturated/α-hetero) is 1. The van der Waals surface area contributed by atoms with Gasteiger partial charge in [-0.05, 0) is 54.4 Å². The monoisotopic (exact) mass is 412 g/mol. The highest BCUT2D eigenvalue weighted by molar-refractivity contribution is 5.99. The summed E-state index contributed by atoms with van der Waals surface area (Å²) in [6.45, 7) is 10.6. The Labute approximate surface area is 177 Å². The SMILES string of the molecule is CC1(C)C(=O)C=C[C@@]2(C)[C@H]1CC[C@]13C[C@]4(C)C(=O)[C@](C)(C[C@@H]21)[C@]31COC(=O)[C@H]1[C@H]4O. The summed E-state index contributed by atoms with van der Waals surface area (Å²) < 4.78 is 5.68. The van der Waals surface area contributed by atoms with E-state index in [9.17, 15) is 19.5 Å². The third-order valence-corrected chi connectivity index (χ3v) is 11.5. The van der Waals surface area contributed by atoms with Gasteiger partial charge in [-0.2, -0.15) is 0 Å². The van der Waals surface area contributed by atoms with E-state index in [4.69, 9.17) is 4.74 Å². The number of carbonyl (C=O) groups excluding carboxylic acids is 3. The van der Waals surface area contributed by atoms with Gasteiger partial charge in [-0.1, -0.05) is 40.7 Å². The van der Waals surface area contributed by atoms with Crippen LogP contribution in [-0.2, 0) is 19.1 Å². The van der Waals surface area contributed by atoms with E-state index in [1.165, 1.54) is 0 Å². The fourth-order valence-electron chi connectivity index (χ4n) is 10.4. The predicted octanol–water partition coefficient (Wildman–Crippen LogP) is 3.09. The molecule has 2 spiro atoms. The third-order valence-electron chi connectivity index (χ3n) is 11.5. The molecule has 7 aliphatic rings. The molecule has 0 aromatic rings. The fourth-order valence-corrected chi connectivity index (χ4v) is 10.4. The van der Waals surface area contributed by atoms with Crippen LogP contribution in [0, 0.1) is 50.2 Å². The highest BCUT2D eigenvalue weighted by Crippen LogP contribution is 2.87. The highest BCUT2D eigenvalue weighted by atomic mass is 16.5. The molecule has 6 fully saturated rings. The van der Waals surface area contributed by atoms with Crippen molar-refractivity contribution in [3.63, 3.8) is 0 Å². The summed E-state index contributed by atoms with van der Waals surface area (Å²) in [7, 11) is 0. The van der Waals surface area contributed by atoms with Crippen LogP contribution in [0.1, 0.15) is 60.3 Å². The van der Waals surface area contributed by atoms with Crippen LogP contribution in [0.15, 0.2) is 12.2 Å². The highest BCUT2D eigenvalue weighted by Gasteiger charge is 2.90. The molecule has 1 saturated heterocycles. The Balaban J connectivity index is 1.63. The standard InChI is InChI=1S/C25H32O5/c1-20(2)13-6-9-24-11-22(4)17(27)16-18(28)30-12-25(16,24)23(5,19(22)29)10-14(24)21(13,3)8-7-15(20)26/h7-8,13-14,16-17,27H,6,9-12H2,1-5H3/t13-,14-,16+,17+,21-,22-,23-,24-,25+/m0/s1. The van der Waals surface area contributed by atoms with Crippen molar-refractivity contribution in [3.8, 4) is 0 Å². The molecule has 1 heterocycles. The molecule has 30 heavy (non-hydrogen) atoms. The first-order chi connectivity index (χ1) is 13.8. The van der Waals surface area contributed by atoms with Gasteiger partial charge in [-0.25, -0.2) is 0 Å². The largest absolute Gasteiger partial charge is 0.465 e. The fraction of sp³-hybridized carbons (Fsp3) is 0.800. The Morgan fingerprint density at radius 1 is 1.07 bits per heavy atom. The molecule has 4 bridgehead atoms. The molecule has 7 rings (SSSR count). The molecule has 9 atom stereocenters. The molecule has 5 saturated carbocycles. The number of rotatable bonds is 0. The van der Waals surface area contributed by atoms with Gasteiger partial charge in [0.25, 0.3) is 0 Å². The molecule has 0 aromatic carbocycles. The van der Waals surface area contributed by atoms with E-state index >= 15 is 0 Å². The Morgan fingerprint density at radius 3 is 2.47 bits per heavy atom. The maximum absolute atomic E-state index is 13.9. The van der Waals surface area contributed by atoms with E-state index in [-0.39, 0.29) is 46.8 Å². The quantitative estimate of drug-likeness (QED) is 0.619. The van der Waals surface area contributed by atoms with E-state index in [1.54, 1.807) is 6.08 Å². The average Bonchev–Trinajstić information content (AvgIpc) is 3.12. The number of allylic oxidation sites excluding steroid dienone is 2. The van der Waals surface area contributed by atoms with E-state index < -0.39 is 33.7 Å².